The Balaban J connectivity index is 1.45. The quantitative estimate of drug-likeness (QED) is 0.623. The first-order valence-electron chi connectivity index (χ1n) is 9.02. The Morgan fingerprint density at radius 2 is 1.85 bits per heavy atom. The van der Waals surface area contributed by atoms with Gasteiger partial charge in [-0.2, -0.15) is 4.98 Å². The van der Waals surface area contributed by atoms with Crippen LogP contribution in [0.25, 0.3) is 11.4 Å². The van der Waals surface area contributed by atoms with Crippen LogP contribution in [-0.4, -0.2) is 22.1 Å². The molecule has 0 bridgehead atoms. The monoisotopic (exact) mass is 383 g/mol. The van der Waals surface area contributed by atoms with E-state index in [1.54, 1.807) is 6.07 Å². The highest BCUT2D eigenvalue weighted by Gasteiger charge is 2.13. The lowest BCUT2D eigenvalue weighted by Crippen LogP contribution is -2.33. The van der Waals surface area contributed by atoms with Crippen LogP contribution in [-0.2, 0) is 17.6 Å². The van der Waals surface area contributed by atoms with Gasteiger partial charge in [0.25, 0.3) is 0 Å². The van der Waals surface area contributed by atoms with Crippen molar-refractivity contribution in [2.75, 3.05) is 0 Å². The van der Waals surface area contributed by atoms with Gasteiger partial charge in [-0.05, 0) is 37.5 Å². The molecule has 1 N–H and O–H groups in total. The van der Waals surface area contributed by atoms with Gasteiger partial charge >= 0.3 is 0 Å². The minimum absolute atomic E-state index is 0.0203. The Bertz CT molecular complexity index is 880. The number of nitrogens with zero attached hydrogens (tertiary/aromatic N) is 2. The second-order valence-electron chi connectivity index (χ2n) is 6.48. The molecule has 0 saturated carbocycles. The van der Waals surface area contributed by atoms with Gasteiger partial charge in [-0.15, -0.1) is 0 Å². The lowest BCUT2D eigenvalue weighted by molar-refractivity contribution is -0.121. The largest absolute Gasteiger partial charge is 0.354 e. The summed E-state index contributed by atoms with van der Waals surface area (Å²) in [5.41, 5.74) is 1.99. The Morgan fingerprint density at radius 1 is 1.11 bits per heavy atom. The smallest absolute Gasteiger partial charge is 0.227 e. The summed E-state index contributed by atoms with van der Waals surface area (Å²) >= 11 is 6.14. The third-order valence-electron chi connectivity index (χ3n) is 4.27. The first-order chi connectivity index (χ1) is 13.1. The second-order valence-corrected chi connectivity index (χ2v) is 6.89. The molecule has 2 aromatic carbocycles. The summed E-state index contributed by atoms with van der Waals surface area (Å²) in [6.07, 6.45) is 2.54. The number of benzene rings is 2. The molecular weight excluding hydrogens is 362 g/mol. The van der Waals surface area contributed by atoms with E-state index in [4.69, 9.17) is 16.1 Å². The summed E-state index contributed by atoms with van der Waals surface area (Å²) < 4.78 is 5.24. The van der Waals surface area contributed by atoms with Crippen molar-refractivity contribution in [2.24, 2.45) is 0 Å². The van der Waals surface area contributed by atoms with Gasteiger partial charge in [-0.25, -0.2) is 0 Å². The maximum Gasteiger partial charge on any atom is 0.227 e. The Labute approximate surface area is 163 Å². The van der Waals surface area contributed by atoms with E-state index in [1.165, 1.54) is 5.56 Å². The third kappa shape index (κ3) is 5.66. The summed E-state index contributed by atoms with van der Waals surface area (Å²) in [7, 11) is 0. The van der Waals surface area contributed by atoms with E-state index in [-0.39, 0.29) is 11.9 Å². The molecule has 1 aromatic heterocycles. The molecular formula is C21H22ClN3O2. The fourth-order valence-corrected chi connectivity index (χ4v) is 3.00. The van der Waals surface area contributed by atoms with Gasteiger partial charge in [0.1, 0.15) is 0 Å². The van der Waals surface area contributed by atoms with Gasteiger partial charge in [0.15, 0.2) is 0 Å². The summed E-state index contributed by atoms with van der Waals surface area (Å²) in [4.78, 5) is 16.5. The van der Waals surface area contributed by atoms with Crippen molar-refractivity contribution in [3.05, 3.63) is 71.1 Å². The normalized spacial score (nSPS) is 11.9. The molecule has 140 valence electrons. The number of carbonyl (C=O) groups excluding carboxylic acids is 1. The molecule has 3 rings (SSSR count). The van der Waals surface area contributed by atoms with Crippen molar-refractivity contribution in [1.29, 1.82) is 0 Å². The zero-order valence-electron chi connectivity index (χ0n) is 15.2. The Kier molecular flexibility index (Phi) is 6.60. The number of rotatable bonds is 8. The van der Waals surface area contributed by atoms with Crippen LogP contribution in [0, 0.1) is 0 Å². The van der Waals surface area contributed by atoms with Crippen LogP contribution in [0.3, 0.4) is 0 Å². The summed E-state index contributed by atoms with van der Waals surface area (Å²) in [5.74, 6) is 0.845. The fraction of sp³-hybridized carbons (Fsp3) is 0.286. The van der Waals surface area contributed by atoms with Crippen molar-refractivity contribution >= 4 is 17.5 Å². The van der Waals surface area contributed by atoms with Crippen molar-refractivity contribution < 1.29 is 9.32 Å². The van der Waals surface area contributed by atoms with Crippen LogP contribution >= 0.6 is 11.6 Å². The minimum Gasteiger partial charge on any atom is -0.354 e. The lowest BCUT2D eigenvalue weighted by Gasteiger charge is -2.13. The fourth-order valence-electron chi connectivity index (χ4n) is 2.78. The Morgan fingerprint density at radius 3 is 2.63 bits per heavy atom. The van der Waals surface area contributed by atoms with E-state index < -0.39 is 0 Å². The molecule has 1 amide bonds. The third-order valence-corrected chi connectivity index (χ3v) is 4.59. The van der Waals surface area contributed by atoms with E-state index >= 15 is 0 Å². The van der Waals surface area contributed by atoms with Gasteiger partial charge in [0.2, 0.25) is 17.6 Å². The number of hydrogen-bond acceptors (Lipinski definition) is 4. The number of aryl methyl sites for hydroxylation is 2. The van der Waals surface area contributed by atoms with Crippen LogP contribution < -0.4 is 5.32 Å². The molecule has 27 heavy (non-hydrogen) atoms. The summed E-state index contributed by atoms with van der Waals surface area (Å²) in [6.45, 7) is 2.02. The molecule has 6 heteroatoms. The minimum atomic E-state index is -0.0203. The van der Waals surface area contributed by atoms with Crippen LogP contribution in [0.15, 0.2) is 59.1 Å². The van der Waals surface area contributed by atoms with Gasteiger partial charge in [0, 0.05) is 24.4 Å². The lowest BCUT2D eigenvalue weighted by atomic mass is 10.1. The van der Waals surface area contributed by atoms with Crippen LogP contribution in [0.4, 0.5) is 0 Å². The van der Waals surface area contributed by atoms with Gasteiger partial charge in [-0.3, -0.25) is 4.79 Å². The highest BCUT2D eigenvalue weighted by Crippen LogP contribution is 2.25. The van der Waals surface area contributed by atoms with E-state index in [2.05, 4.69) is 27.6 Å². The number of carbonyl (C=O) groups is 1. The van der Waals surface area contributed by atoms with Crippen molar-refractivity contribution in [1.82, 2.24) is 15.5 Å². The number of hydrogen-bond donors (Lipinski definition) is 1. The SMILES string of the molecule is C[C@@H](CCc1ccccc1)NC(=O)CCc1nc(-c2ccccc2Cl)no1. The molecule has 0 aliphatic heterocycles. The standard InChI is InChI=1S/C21H22ClN3O2/c1-15(11-12-16-7-3-2-4-8-16)23-19(26)13-14-20-24-21(25-27-20)17-9-5-6-10-18(17)22/h2-10,15H,11-14H2,1H3,(H,23,26)/t15-/m0/s1. The van der Waals surface area contributed by atoms with Gasteiger partial charge in [-0.1, -0.05) is 59.2 Å². The average Bonchev–Trinajstić information content (AvgIpc) is 3.15. The predicted octanol–water partition coefficient (Wildman–Crippen LogP) is 4.46. The van der Waals surface area contributed by atoms with Gasteiger partial charge < -0.3 is 9.84 Å². The zero-order chi connectivity index (χ0) is 19.1. The Hall–Kier alpha value is -2.66. The first-order valence-corrected chi connectivity index (χ1v) is 9.40. The zero-order valence-corrected chi connectivity index (χ0v) is 15.9. The molecule has 5 nitrogen and oxygen atoms in total. The molecule has 0 saturated heterocycles. The van der Waals surface area contributed by atoms with E-state index in [0.717, 1.165) is 12.8 Å². The topological polar surface area (TPSA) is 68.0 Å². The van der Waals surface area contributed by atoms with Gasteiger partial charge in [0.05, 0.1) is 5.02 Å². The van der Waals surface area contributed by atoms with E-state index in [9.17, 15) is 4.79 Å². The predicted molar refractivity (Wildman–Crippen MR) is 105 cm³/mol. The maximum absolute atomic E-state index is 12.1. The molecule has 0 aliphatic carbocycles. The van der Waals surface area contributed by atoms with Crippen LogP contribution in [0.1, 0.15) is 31.2 Å². The number of halogens is 1. The summed E-state index contributed by atoms with van der Waals surface area (Å²) in [5, 5.41) is 7.53. The van der Waals surface area contributed by atoms with Crippen molar-refractivity contribution in [2.45, 2.75) is 38.6 Å². The summed E-state index contributed by atoms with van der Waals surface area (Å²) in [6, 6.07) is 17.7. The molecule has 0 radical (unpaired) electrons. The molecule has 3 aromatic rings. The maximum atomic E-state index is 12.1. The molecule has 1 heterocycles. The first kappa shape index (κ1) is 19.1. The van der Waals surface area contributed by atoms with Crippen LogP contribution in [0.2, 0.25) is 5.02 Å². The molecule has 0 unspecified atom stereocenters. The number of nitrogens with one attached hydrogen (secondary N) is 1. The molecule has 1 atom stereocenters. The van der Waals surface area contributed by atoms with E-state index in [0.29, 0.717) is 35.1 Å². The van der Waals surface area contributed by atoms with Crippen molar-refractivity contribution in [3.63, 3.8) is 0 Å². The molecule has 0 spiro atoms. The second kappa shape index (κ2) is 9.33. The molecule has 0 fully saturated rings. The number of amides is 1. The van der Waals surface area contributed by atoms with E-state index in [1.807, 2.05) is 43.3 Å². The highest BCUT2D eigenvalue weighted by molar-refractivity contribution is 6.33. The average molecular weight is 384 g/mol. The van der Waals surface area contributed by atoms with Crippen molar-refractivity contribution in [3.8, 4) is 11.4 Å². The number of aromatic nitrogens is 2. The van der Waals surface area contributed by atoms with Crippen LogP contribution in [0.5, 0.6) is 0 Å². The highest BCUT2D eigenvalue weighted by atomic mass is 35.5. The molecule has 0 aliphatic rings.